The van der Waals surface area contributed by atoms with E-state index in [2.05, 4.69) is 0 Å². The van der Waals surface area contributed by atoms with E-state index >= 15 is 0 Å². The molecule has 84 valence electrons. The average molecular weight is 236 g/mol. The molecule has 16 heavy (non-hydrogen) atoms. The van der Waals surface area contributed by atoms with Gasteiger partial charge in [0.25, 0.3) is 11.8 Å². The number of nitrogens with zero attached hydrogens (tertiary/aromatic N) is 1. The van der Waals surface area contributed by atoms with E-state index in [1.54, 1.807) is 0 Å². The van der Waals surface area contributed by atoms with Crippen LogP contribution in [0.4, 0.5) is 0 Å². The third-order valence-corrected chi connectivity index (χ3v) is 4.32. The van der Waals surface area contributed by atoms with Gasteiger partial charge in [-0.2, -0.15) is 0 Å². The van der Waals surface area contributed by atoms with Gasteiger partial charge in [0.15, 0.2) is 5.75 Å². The minimum Gasteiger partial charge on any atom is -0.270 e. The van der Waals surface area contributed by atoms with E-state index in [0.29, 0.717) is 12.8 Å². The normalized spacial score (nSPS) is 17.9. The van der Waals surface area contributed by atoms with Gasteiger partial charge in [-0.15, -0.1) is 0 Å². The molecule has 3 nitrogen and oxygen atoms in total. The Morgan fingerprint density at radius 3 is 2.25 bits per heavy atom. The van der Waals surface area contributed by atoms with Crippen LogP contribution in [0.25, 0.3) is 0 Å². The zero-order valence-corrected chi connectivity index (χ0v) is 10.00. The average Bonchev–Trinajstić information content (AvgIpc) is 2.60. The highest BCUT2D eigenvalue weighted by molar-refractivity contribution is 7.94. The van der Waals surface area contributed by atoms with E-state index in [9.17, 15) is 9.59 Å². The lowest BCUT2D eigenvalue weighted by Crippen LogP contribution is -2.35. The maximum absolute atomic E-state index is 11.5. The molecule has 1 aromatic rings. The van der Waals surface area contributed by atoms with E-state index in [1.807, 2.05) is 36.6 Å². The summed E-state index contributed by atoms with van der Waals surface area (Å²) in [5.74, 6) is 0.719. The number of amides is 2. The molecule has 0 saturated carbocycles. The summed E-state index contributed by atoms with van der Waals surface area (Å²) in [4.78, 5) is 23.1. The predicted octanol–water partition coefficient (Wildman–Crippen LogP) is 1.50. The Kier molecular flexibility index (Phi) is 3.29. The first-order valence-corrected chi connectivity index (χ1v) is 6.97. The summed E-state index contributed by atoms with van der Waals surface area (Å²) in [5, 5.41) is 0. The number of hydrogen-bond acceptors (Lipinski definition) is 2. The van der Waals surface area contributed by atoms with Crippen molar-refractivity contribution in [2.75, 3.05) is 6.26 Å². The van der Waals surface area contributed by atoms with Gasteiger partial charge >= 0.3 is 0 Å². The van der Waals surface area contributed by atoms with Gasteiger partial charge < -0.3 is 0 Å². The minimum atomic E-state index is -0.322. The zero-order chi connectivity index (χ0) is 11.5. The van der Waals surface area contributed by atoms with Gasteiger partial charge in [0, 0.05) is 18.4 Å². The van der Waals surface area contributed by atoms with Crippen LogP contribution in [0, 0.1) is 0 Å². The van der Waals surface area contributed by atoms with Crippen LogP contribution in [-0.4, -0.2) is 22.4 Å². The second-order valence-electron chi connectivity index (χ2n) is 3.81. The number of imide groups is 1. The molecule has 1 fully saturated rings. The van der Waals surface area contributed by atoms with Crippen molar-refractivity contribution in [3.63, 3.8) is 0 Å². The first-order chi connectivity index (χ1) is 7.68. The molecule has 1 aliphatic rings. The highest BCUT2D eigenvalue weighted by Gasteiger charge is 2.40. The van der Waals surface area contributed by atoms with Crippen LogP contribution in [0.5, 0.6) is 0 Å². The number of rotatable bonds is 3. The summed E-state index contributed by atoms with van der Waals surface area (Å²) in [7, 11) is 0. The minimum absolute atomic E-state index is 0.0215. The Morgan fingerprint density at radius 2 is 1.69 bits per heavy atom. The van der Waals surface area contributed by atoms with Gasteiger partial charge in [-0.05, 0) is 0 Å². The maximum Gasteiger partial charge on any atom is 0.273 e. The molecule has 1 unspecified atom stereocenters. The fraction of sp³-hybridized carbons (Fsp3) is 0.333. The van der Waals surface area contributed by atoms with Crippen molar-refractivity contribution in [2.24, 2.45) is 0 Å². The third-order valence-electron chi connectivity index (χ3n) is 2.54. The molecular formula is C12H14NO2S+. The first kappa shape index (κ1) is 11.2. The molecule has 1 atom stereocenters. The molecule has 0 bridgehead atoms. The van der Waals surface area contributed by atoms with Crippen molar-refractivity contribution in [1.82, 2.24) is 4.31 Å². The van der Waals surface area contributed by atoms with Crippen molar-refractivity contribution in [3.8, 4) is 0 Å². The molecule has 2 rings (SSSR count). The topological polar surface area (TPSA) is 37.4 Å². The van der Waals surface area contributed by atoms with Crippen molar-refractivity contribution in [3.05, 3.63) is 35.9 Å². The second-order valence-corrected chi connectivity index (χ2v) is 5.67. The smallest absolute Gasteiger partial charge is 0.270 e. The second kappa shape index (κ2) is 4.70. The van der Waals surface area contributed by atoms with Crippen molar-refractivity contribution < 1.29 is 9.59 Å². The lowest BCUT2D eigenvalue weighted by atomic mass is 10.2. The van der Waals surface area contributed by atoms with Gasteiger partial charge in [-0.3, -0.25) is 9.59 Å². The molecule has 2 amide bonds. The lowest BCUT2D eigenvalue weighted by molar-refractivity contribution is -0.132. The highest BCUT2D eigenvalue weighted by Crippen LogP contribution is 2.19. The number of hydrogen-bond donors (Lipinski definition) is 0. The van der Waals surface area contributed by atoms with E-state index in [1.165, 1.54) is 9.87 Å². The predicted molar refractivity (Wildman–Crippen MR) is 64.5 cm³/mol. The maximum atomic E-state index is 11.5. The molecule has 0 aromatic heterocycles. The van der Waals surface area contributed by atoms with Gasteiger partial charge in [0.2, 0.25) is 0 Å². The molecular weight excluding hydrogens is 222 g/mol. The Morgan fingerprint density at radius 1 is 1.12 bits per heavy atom. The quantitative estimate of drug-likeness (QED) is 0.589. The summed E-state index contributed by atoms with van der Waals surface area (Å²) < 4.78 is 1.44. The van der Waals surface area contributed by atoms with E-state index in [-0.39, 0.29) is 22.9 Å². The standard InChI is InChI=1S/C12H14NO2S/c1-16(9-10-5-3-2-4-6-10)13-11(14)7-8-12(13)15/h2-6H,7-9H2,1H3/q+1. The van der Waals surface area contributed by atoms with E-state index in [0.717, 1.165) is 5.75 Å². The van der Waals surface area contributed by atoms with Crippen molar-refractivity contribution in [1.29, 1.82) is 0 Å². The summed E-state index contributed by atoms with van der Waals surface area (Å²) in [6, 6.07) is 9.95. The molecule has 1 aliphatic heterocycles. The first-order valence-electron chi connectivity index (χ1n) is 5.21. The molecule has 0 spiro atoms. The third kappa shape index (κ3) is 2.27. The monoisotopic (exact) mass is 236 g/mol. The summed E-state index contributed by atoms with van der Waals surface area (Å²) in [5.41, 5.74) is 1.17. The zero-order valence-electron chi connectivity index (χ0n) is 9.18. The Labute approximate surface area is 97.9 Å². The fourth-order valence-electron chi connectivity index (χ4n) is 1.78. The summed E-state index contributed by atoms with van der Waals surface area (Å²) >= 11 is -0.322. The molecule has 0 N–H and O–H groups in total. The Bertz CT molecular complexity index is 389. The number of carbonyl (C=O) groups is 2. The van der Waals surface area contributed by atoms with Gasteiger partial charge in [-0.25, -0.2) is 0 Å². The van der Waals surface area contributed by atoms with E-state index < -0.39 is 0 Å². The SMILES string of the molecule is C[S+](Cc1ccccc1)N1C(=O)CCC1=O. The van der Waals surface area contributed by atoms with Gasteiger partial charge in [0.1, 0.15) is 17.3 Å². The molecule has 0 aliphatic carbocycles. The molecule has 0 radical (unpaired) electrons. The molecule has 1 aromatic carbocycles. The fourth-order valence-corrected chi connectivity index (χ4v) is 3.47. The molecule has 4 heteroatoms. The van der Waals surface area contributed by atoms with Crippen LogP contribution >= 0.6 is 0 Å². The van der Waals surface area contributed by atoms with Crippen LogP contribution < -0.4 is 0 Å². The van der Waals surface area contributed by atoms with Crippen LogP contribution in [-0.2, 0) is 26.4 Å². The molecule has 1 saturated heterocycles. The van der Waals surface area contributed by atoms with Crippen molar-refractivity contribution in [2.45, 2.75) is 18.6 Å². The van der Waals surface area contributed by atoms with Crippen LogP contribution in [0.15, 0.2) is 30.3 Å². The summed E-state index contributed by atoms with van der Waals surface area (Å²) in [6.45, 7) is 0. The number of benzene rings is 1. The van der Waals surface area contributed by atoms with Crippen LogP contribution in [0.2, 0.25) is 0 Å². The largest absolute Gasteiger partial charge is 0.273 e. The van der Waals surface area contributed by atoms with Gasteiger partial charge in [-0.1, -0.05) is 34.6 Å². The Hall–Kier alpha value is -1.29. The lowest BCUT2D eigenvalue weighted by Gasteiger charge is -2.11. The number of carbonyl (C=O) groups excluding carboxylic acids is 2. The van der Waals surface area contributed by atoms with E-state index in [4.69, 9.17) is 0 Å². The molecule has 1 heterocycles. The highest BCUT2D eigenvalue weighted by atomic mass is 32.2. The van der Waals surface area contributed by atoms with Crippen molar-refractivity contribution >= 4 is 22.9 Å². The Balaban J connectivity index is 2.06. The van der Waals surface area contributed by atoms with Gasteiger partial charge in [0.05, 0.1) is 0 Å². The summed E-state index contributed by atoms with van der Waals surface area (Å²) in [6.07, 6.45) is 2.71. The van der Waals surface area contributed by atoms with Crippen LogP contribution in [0.1, 0.15) is 18.4 Å². The van der Waals surface area contributed by atoms with Crippen LogP contribution in [0.3, 0.4) is 0 Å².